The Bertz CT molecular complexity index is 1950. The van der Waals surface area contributed by atoms with E-state index in [9.17, 15) is 9.59 Å². The van der Waals surface area contributed by atoms with Crippen molar-refractivity contribution in [3.8, 4) is 34.1 Å². The van der Waals surface area contributed by atoms with Gasteiger partial charge in [-0.3, -0.25) is 14.3 Å². The summed E-state index contributed by atoms with van der Waals surface area (Å²) in [5.74, 6) is -0.205. The molecule has 5 aromatic heterocycles. The third-order valence-electron chi connectivity index (χ3n) is 6.31. The molecule has 39 heavy (non-hydrogen) atoms. The summed E-state index contributed by atoms with van der Waals surface area (Å²) in [6, 6.07) is 8.58. The van der Waals surface area contributed by atoms with Crippen molar-refractivity contribution >= 4 is 28.3 Å². The summed E-state index contributed by atoms with van der Waals surface area (Å²) in [7, 11) is 1.89. The molecule has 0 amide bonds. The molecule has 0 bridgehead atoms. The van der Waals surface area contributed by atoms with Gasteiger partial charge in [0.2, 0.25) is 11.3 Å². The molecule has 0 aliphatic heterocycles. The number of pyridine rings is 1. The number of benzene rings is 1. The number of oxazole rings is 1. The molecule has 0 radical (unpaired) electrons. The minimum Gasteiger partial charge on any atom is -0.455 e. The van der Waals surface area contributed by atoms with E-state index in [-0.39, 0.29) is 22.4 Å². The lowest BCUT2D eigenvalue weighted by atomic mass is 9.98. The number of aromatic amines is 1. The molecular weight excluding hydrogens is 524 g/mol. The SMILES string of the molecule is Cc1cc([C@@H](C)Nc2ccc(Cl)nc2-c2noc(=O)[nH]2)c2oc(-c3ccn(C)c3)c(-c3cocn3)c(=O)c2c1. The van der Waals surface area contributed by atoms with Crippen molar-refractivity contribution < 1.29 is 13.4 Å². The summed E-state index contributed by atoms with van der Waals surface area (Å²) in [5, 5.41) is 7.76. The molecule has 0 aliphatic rings. The molecule has 0 unspecified atom stereocenters. The molecule has 6 aromatic rings. The van der Waals surface area contributed by atoms with E-state index in [1.807, 2.05) is 50.0 Å². The zero-order chi connectivity index (χ0) is 27.3. The largest absolute Gasteiger partial charge is 0.455 e. The molecular formula is C27H21ClN6O5. The van der Waals surface area contributed by atoms with Gasteiger partial charge in [-0.2, -0.15) is 0 Å². The van der Waals surface area contributed by atoms with E-state index in [1.54, 1.807) is 18.2 Å². The number of fused-ring (bicyclic) bond motifs is 1. The first-order valence-corrected chi connectivity index (χ1v) is 12.3. The standard InChI is InChI=1S/C27H21ClN6O5/c1-13-8-16(14(2)30-18-4-5-20(28)31-22(18)26-32-27(36)39-33-26)25-17(9-13)23(35)21(19-11-37-12-29-19)24(38-25)15-6-7-34(3)10-15/h4-12,14,30H,1-3H3,(H,32,33,36)/t14-/m1/s1. The first-order valence-electron chi connectivity index (χ1n) is 11.9. The van der Waals surface area contributed by atoms with Crippen LogP contribution in [0, 0.1) is 6.92 Å². The van der Waals surface area contributed by atoms with E-state index in [1.165, 1.54) is 12.7 Å². The molecule has 0 fully saturated rings. The van der Waals surface area contributed by atoms with Crippen LogP contribution in [-0.4, -0.2) is 24.7 Å². The highest BCUT2D eigenvalue weighted by molar-refractivity contribution is 6.29. The Morgan fingerprint density at radius 2 is 2.03 bits per heavy atom. The zero-order valence-electron chi connectivity index (χ0n) is 21.0. The van der Waals surface area contributed by atoms with Gasteiger partial charge in [0, 0.05) is 30.6 Å². The van der Waals surface area contributed by atoms with Gasteiger partial charge in [-0.15, -0.1) is 0 Å². The fourth-order valence-corrected chi connectivity index (χ4v) is 4.73. The number of anilines is 1. The first kappa shape index (κ1) is 24.4. The van der Waals surface area contributed by atoms with E-state index < -0.39 is 5.76 Å². The first-order chi connectivity index (χ1) is 18.8. The molecule has 2 N–H and O–H groups in total. The highest BCUT2D eigenvalue weighted by Gasteiger charge is 2.24. The summed E-state index contributed by atoms with van der Waals surface area (Å²) in [5.41, 5.74) is 4.07. The third kappa shape index (κ3) is 4.42. The summed E-state index contributed by atoms with van der Waals surface area (Å²) in [6.45, 7) is 3.83. The van der Waals surface area contributed by atoms with Gasteiger partial charge in [-0.05, 0) is 43.7 Å². The van der Waals surface area contributed by atoms with Crippen molar-refractivity contribution in [2.24, 2.45) is 7.05 Å². The molecule has 1 aromatic carbocycles. The van der Waals surface area contributed by atoms with Gasteiger partial charge in [0.25, 0.3) is 0 Å². The Balaban J connectivity index is 1.53. The van der Waals surface area contributed by atoms with E-state index >= 15 is 0 Å². The lowest BCUT2D eigenvalue weighted by molar-refractivity contribution is 0.388. The van der Waals surface area contributed by atoms with Crippen molar-refractivity contribution in [1.82, 2.24) is 24.7 Å². The summed E-state index contributed by atoms with van der Waals surface area (Å²) >= 11 is 6.13. The quantitative estimate of drug-likeness (QED) is 0.266. The molecule has 1 atom stereocenters. The average Bonchev–Trinajstić information content (AvgIpc) is 3.68. The number of aromatic nitrogens is 5. The number of hydrogen-bond acceptors (Lipinski definition) is 9. The van der Waals surface area contributed by atoms with E-state index in [0.29, 0.717) is 39.4 Å². The van der Waals surface area contributed by atoms with Crippen LogP contribution in [0.4, 0.5) is 5.69 Å². The van der Waals surface area contributed by atoms with Crippen LogP contribution in [-0.2, 0) is 7.05 Å². The Labute approximate surface area is 225 Å². The van der Waals surface area contributed by atoms with Gasteiger partial charge in [0.1, 0.15) is 34.1 Å². The maximum Gasteiger partial charge on any atom is 0.439 e. The summed E-state index contributed by atoms with van der Waals surface area (Å²) in [4.78, 5) is 36.5. The lowest BCUT2D eigenvalue weighted by Crippen LogP contribution is -2.13. The van der Waals surface area contributed by atoms with Gasteiger partial charge in [0.15, 0.2) is 6.39 Å². The zero-order valence-corrected chi connectivity index (χ0v) is 21.7. The Morgan fingerprint density at radius 3 is 2.72 bits per heavy atom. The van der Waals surface area contributed by atoms with E-state index in [4.69, 9.17) is 20.4 Å². The maximum atomic E-state index is 13.9. The predicted molar refractivity (Wildman–Crippen MR) is 145 cm³/mol. The second-order valence-corrected chi connectivity index (χ2v) is 9.53. The lowest BCUT2D eigenvalue weighted by Gasteiger charge is -2.20. The average molecular weight is 545 g/mol. The predicted octanol–water partition coefficient (Wildman–Crippen LogP) is 5.33. The minimum atomic E-state index is -0.714. The van der Waals surface area contributed by atoms with Crippen LogP contribution < -0.4 is 16.5 Å². The highest BCUT2D eigenvalue weighted by atomic mass is 35.5. The summed E-state index contributed by atoms with van der Waals surface area (Å²) < 4.78 is 18.2. The Hall–Kier alpha value is -4.90. The minimum absolute atomic E-state index is 0.126. The molecule has 6 rings (SSSR count). The van der Waals surface area contributed by atoms with Gasteiger partial charge in [-0.25, -0.2) is 14.8 Å². The van der Waals surface area contributed by atoms with Crippen molar-refractivity contribution in [1.29, 1.82) is 0 Å². The van der Waals surface area contributed by atoms with Crippen LogP contribution in [0.1, 0.15) is 24.1 Å². The van der Waals surface area contributed by atoms with Crippen LogP contribution in [0.15, 0.2) is 78.3 Å². The van der Waals surface area contributed by atoms with Crippen LogP contribution in [0.3, 0.4) is 0 Å². The van der Waals surface area contributed by atoms with Crippen LogP contribution >= 0.6 is 11.6 Å². The van der Waals surface area contributed by atoms with Crippen LogP contribution in [0.2, 0.25) is 5.15 Å². The van der Waals surface area contributed by atoms with Crippen molar-refractivity contribution in [2.45, 2.75) is 19.9 Å². The molecule has 196 valence electrons. The Kier molecular flexibility index (Phi) is 5.92. The second-order valence-electron chi connectivity index (χ2n) is 9.15. The van der Waals surface area contributed by atoms with Gasteiger partial charge < -0.3 is 18.7 Å². The number of nitrogens with zero attached hydrogens (tertiary/aromatic N) is 4. The third-order valence-corrected chi connectivity index (χ3v) is 6.52. The molecule has 5 heterocycles. The molecule has 0 saturated heterocycles. The monoisotopic (exact) mass is 544 g/mol. The van der Waals surface area contributed by atoms with Gasteiger partial charge >= 0.3 is 5.76 Å². The number of hydrogen-bond donors (Lipinski definition) is 2. The van der Waals surface area contributed by atoms with Crippen molar-refractivity contribution in [3.05, 3.63) is 92.4 Å². The molecule has 0 aliphatic carbocycles. The normalized spacial score (nSPS) is 12.2. The number of rotatable bonds is 6. The fourth-order valence-electron chi connectivity index (χ4n) is 4.58. The number of nitrogens with one attached hydrogen (secondary N) is 2. The van der Waals surface area contributed by atoms with Crippen molar-refractivity contribution in [2.75, 3.05) is 5.32 Å². The van der Waals surface area contributed by atoms with E-state index in [0.717, 1.165) is 16.7 Å². The number of aryl methyl sites for hydroxylation is 2. The Morgan fingerprint density at radius 1 is 1.18 bits per heavy atom. The topological polar surface area (TPSA) is 145 Å². The molecule has 12 heteroatoms. The number of halogens is 1. The summed E-state index contributed by atoms with van der Waals surface area (Å²) in [6.07, 6.45) is 6.44. The highest BCUT2D eigenvalue weighted by Crippen LogP contribution is 2.36. The van der Waals surface area contributed by atoms with Gasteiger partial charge in [0.05, 0.1) is 22.7 Å². The number of H-pyrrole nitrogens is 1. The van der Waals surface area contributed by atoms with Crippen LogP contribution in [0.5, 0.6) is 0 Å². The molecule has 0 spiro atoms. The smallest absolute Gasteiger partial charge is 0.439 e. The molecule has 11 nitrogen and oxygen atoms in total. The van der Waals surface area contributed by atoms with Crippen LogP contribution in [0.25, 0.3) is 45.1 Å². The van der Waals surface area contributed by atoms with Gasteiger partial charge in [-0.1, -0.05) is 22.8 Å². The fraction of sp³-hybridized carbons (Fsp3) is 0.148. The second kappa shape index (κ2) is 9.44. The van der Waals surface area contributed by atoms with Crippen molar-refractivity contribution in [3.63, 3.8) is 0 Å². The maximum absolute atomic E-state index is 13.9. The molecule has 0 saturated carbocycles. The van der Waals surface area contributed by atoms with E-state index in [2.05, 4.69) is 29.9 Å².